The number of hydrogen-bond donors (Lipinski definition) is 10. The zero-order chi connectivity index (χ0) is 38.8. The van der Waals surface area contributed by atoms with Gasteiger partial charge in [-0.25, -0.2) is 0 Å². The molecule has 19 heteroatoms. The summed E-state index contributed by atoms with van der Waals surface area (Å²) in [6, 6.07) is 0. The third-order valence-corrected chi connectivity index (χ3v) is 7.61. The molecule has 0 bridgehead atoms. The van der Waals surface area contributed by atoms with Crippen LogP contribution in [0.3, 0.4) is 0 Å². The first-order valence-electron chi connectivity index (χ1n) is 18.1. The fraction of sp³-hybridized carbons (Fsp3) is 0.758. The van der Waals surface area contributed by atoms with E-state index in [4.69, 9.17) is 29.4 Å². The lowest BCUT2D eigenvalue weighted by Gasteiger charge is -2.23. The van der Waals surface area contributed by atoms with Gasteiger partial charge in [-0.05, 0) is 0 Å². The van der Waals surface area contributed by atoms with E-state index in [1.165, 1.54) is 0 Å². The Morgan fingerprint density at radius 1 is 0.385 bits per heavy atom. The molecule has 19 nitrogen and oxygen atoms in total. The van der Waals surface area contributed by atoms with Crippen LogP contribution >= 0.6 is 0 Å². The molecule has 0 aliphatic heterocycles. The van der Waals surface area contributed by atoms with Gasteiger partial charge in [0.15, 0.2) is 0 Å². The highest BCUT2D eigenvalue weighted by Gasteiger charge is 2.15. The smallest absolute Gasteiger partial charge is 0.221 e. The molecule has 0 radical (unpaired) electrons. The Labute approximate surface area is 308 Å². The molecular weight excluding hydrogens is 674 g/mol. The second kappa shape index (κ2) is 33.0. The summed E-state index contributed by atoms with van der Waals surface area (Å²) in [5, 5.41) is 16.6. The van der Waals surface area contributed by atoms with Gasteiger partial charge in [0.2, 0.25) is 35.4 Å². The lowest BCUT2D eigenvalue weighted by Crippen LogP contribution is -2.41. The van der Waals surface area contributed by atoms with Gasteiger partial charge in [-0.1, -0.05) is 5.92 Å². The molecule has 0 spiro atoms. The summed E-state index contributed by atoms with van der Waals surface area (Å²) >= 11 is 0. The maximum Gasteiger partial charge on any atom is 0.221 e. The van der Waals surface area contributed by atoms with Crippen molar-refractivity contribution in [3.8, 4) is 12.3 Å². The maximum atomic E-state index is 12.6. The van der Waals surface area contributed by atoms with E-state index in [-0.39, 0.29) is 80.5 Å². The lowest BCUT2D eigenvalue weighted by molar-refractivity contribution is -0.123. The van der Waals surface area contributed by atoms with Crippen LogP contribution < -0.4 is 54.8 Å². The van der Waals surface area contributed by atoms with Crippen molar-refractivity contribution in [3.05, 3.63) is 0 Å². The number of rotatable bonds is 33. The van der Waals surface area contributed by atoms with Gasteiger partial charge in [0.1, 0.15) is 0 Å². The predicted octanol–water partition coefficient (Wildman–Crippen LogP) is -5.60. The first-order valence-corrected chi connectivity index (χ1v) is 18.1. The van der Waals surface area contributed by atoms with Gasteiger partial charge in [-0.3, -0.25) is 33.7 Å². The zero-order valence-electron chi connectivity index (χ0n) is 30.9. The zero-order valence-corrected chi connectivity index (χ0v) is 30.9. The largest absolute Gasteiger partial charge is 0.355 e. The van der Waals surface area contributed by atoms with Crippen molar-refractivity contribution >= 4 is 35.4 Å². The molecule has 0 rings (SSSR count). The Morgan fingerprint density at radius 2 is 0.615 bits per heavy atom. The summed E-state index contributed by atoms with van der Waals surface area (Å²) in [7, 11) is 0. The number of nitrogens with two attached hydrogens (primary N) is 4. The minimum Gasteiger partial charge on any atom is -0.355 e. The van der Waals surface area contributed by atoms with E-state index in [1.54, 1.807) is 0 Å². The topological polar surface area (TPSA) is 288 Å². The Kier molecular flexibility index (Phi) is 30.5. The van der Waals surface area contributed by atoms with E-state index in [1.807, 2.05) is 14.7 Å². The second-order valence-electron chi connectivity index (χ2n) is 11.9. The number of hydrogen-bond acceptors (Lipinski definition) is 13. The summed E-state index contributed by atoms with van der Waals surface area (Å²) < 4.78 is 0. The first-order chi connectivity index (χ1) is 25.1. The van der Waals surface area contributed by atoms with Gasteiger partial charge in [-0.2, -0.15) is 0 Å². The summed E-state index contributed by atoms with van der Waals surface area (Å²) in [6.07, 6.45) is 6.78. The van der Waals surface area contributed by atoms with Crippen LogP contribution in [0.5, 0.6) is 0 Å². The van der Waals surface area contributed by atoms with Crippen LogP contribution in [0, 0.1) is 12.3 Å². The Balaban J connectivity index is 4.76. The number of nitrogens with one attached hydrogen (secondary N) is 6. The molecule has 298 valence electrons. The first kappa shape index (κ1) is 48.1. The van der Waals surface area contributed by atoms with Crippen molar-refractivity contribution in [2.45, 2.75) is 38.5 Å². The van der Waals surface area contributed by atoms with E-state index in [0.29, 0.717) is 118 Å². The minimum absolute atomic E-state index is 0.142. The van der Waals surface area contributed by atoms with Crippen molar-refractivity contribution in [3.63, 3.8) is 0 Å². The van der Waals surface area contributed by atoms with Crippen molar-refractivity contribution < 1.29 is 28.8 Å². The summed E-state index contributed by atoms with van der Waals surface area (Å²) in [6.45, 7) is 7.00. The molecule has 0 saturated carbocycles. The highest BCUT2D eigenvalue weighted by atomic mass is 16.2. The molecule has 0 aromatic carbocycles. The number of amides is 6. The quantitative estimate of drug-likeness (QED) is 0.0282. The third-order valence-electron chi connectivity index (χ3n) is 7.61. The molecule has 0 aromatic rings. The number of terminal acetylenes is 1. The van der Waals surface area contributed by atoms with Gasteiger partial charge >= 0.3 is 0 Å². The lowest BCUT2D eigenvalue weighted by atomic mass is 10.3. The van der Waals surface area contributed by atoms with Gasteiger partial charge in [0, 0.05) is 156 Å². The monoisotopic (exact) mass is 740 g/mol. The molecule has 6 amide bonds. The number of nitrogens with zero attached hydrogens (tertiary/aromatic N) is 3. The number of carbonyl (C=O) groups excluding carboxylic acids is 6. The second-order valence-corrected chi connectivity index (χ2v) is 11.9. The van der Waals surface area contributed by atoms with Crippen molar-refractivity contribution in [2.24, 2.45) is 22.9 Å². The standard InChI is InChI=1S/C33H65N13O6/c1-2-19-44(20-3-32(51)42-17-26-45(22-5-28(47)38-13-9-34)23-6-29(48)39-14-10-35)21-4-33(52)43-18-27-46(24-7-30(49)40-15-11-36)25-8-31(50)41-16-12-37/h1H,3-27,34-37H2,(H,38,47)(H,39,48)(H,40,49)(H,41,50)(H,42,51)(H,43,52). The van der Waals surface area contributed by atoms with Crippen LogP contribution in [0.4, 0.5) is 0 Å². The molecule has 0 atom stereocenters. The van der Waals surface area contributed by atoms with E-state index in [2.05, 4.69) is 37.8 Å². The van der Waals surface area contributed by atoms with Gasteiger partial charge in [0.25, 0.3) is 0 Å². The molecule has 14 N–H and O–H groups in total. The fourth-order valence-electron chi connectivity index (χ4n) is 4.71. The summed E-state index contributed by atoms with van der Waals surface area (Å²) in [4.78, 5) is 79.2. The van der Waals surface area contributed by atoms with Crippen LogP contribution in [0.1, 0.15) is 38.5 Å². The number of carbonyl (C=O) groups is 6. The molecule has 0 fully saturated rings. The minimum atomic E-state index is -0.193. The summed E-state index contributed by atoms with van der Waals surface area (Å²) in [5.41, 5.74) is 21.8. The third kappa shape index (κ3) is 28.8. The summed E-state index contributed by atoms with van der Waals surface area (Å²) in [5.74, 6) is 1.61. The van der Waals surface area contributed by atoms with Crippen LogP contribution in [0.25, 0.3) is 0 Å². The van der Waals surface area contributed by atoms with Crippen molar-refractivity contribution in [2.75, 3.05) is 124 Å². The molecule has 0 unspecified atom stereocenters. The predicted molar refractivity (Wildman–Crippen MR) is 200 cm³/mol. The molecule has 0 aliphatic carbocycles. The molecular formula is C33H65N13O6. The molecule has 0 heterocycles. The molecule has 0 aliphatic rings. The van der Waals surface area contributed by atoms with E-state index < -0.39 is 0 Å². The Morgan fingerprint density at radius 3 is 0.846 bits per heavy atom. The van der Waals surface area contributed by atoms with Gasteiger partial charge in [-0.15, -0.1) is 6.42 Å². The van der Waals surface area contributed by atoms with E-state index in [9.17, 15) is 28.8 Å². The fourth-order valence-corrected chi connectivity index (χ4v) is 4.71. The van der Waals surface area contributed by atoms with Crippen LogP contribution in [0.15, 0.2) is 0 Å². The normalized spacial score (nSPS) is 10.9. The molecule has 0 aromatic heterocycles. The molecule has 52 heavy (non-hydrogen) atoms. The van der Waals surface area contributed by atoms with Crippen LogP contribution in [0.2, 0.25) is 0 Å². The SMILES string of the molecule is C#CCN(CCC(=O)NCCN(CCC(=O)NCCN)CCC(=O)NCCN)CCC(=O)NCCN(CCC(=O)NCCN)CCC(=O)NCCN. The van der Waals surface area contributed by atoms with Crippen molar-refractivity contribution in [1.82, 2.24) is 46.6 Å². The van der Waals surface area contributed by atoms with E-state index in [0.717, 1.165) is 0 Å². The van der Waals surface area contributed by atoms with Crippen LogP contribution in [-0.2, 0) is 28.8 Å². The Bertz CT molecular complexity index is 953. The average Bonchev–Trinajstić information content (AvgIpc) is 3.13. The highest BCUT2D eigenvalue weighted by Crippen LogP contribution is 1.99. The van der Waals surface area contributed by atoms with Gasteiger partial charge in [0.05, 0.1) is 6.54 Å². The maximum absolute atomic E-state index is 12.6. The average molecular weight is 740 g/mol. The Hall–Kier alpha value is -3.90. The highest BCUT2D eigenvalue weighted by molar-refractivity contribution is 5.78. The molecule has 0 saturated heterocycles. The van der Waals surface area contributed by atoms with Crippen LogP contribution in [-0.4, -0.2) is 174 Å². The van der Waals surface area contributed by atoms with Gasteiger partial charge < -0.3 is 64.6 Å². The van der Waals surface area contributed by atoms with E-state index >= 15 is 0 Å². The van der Waals surface area contributed by atoms with Crippen molar-refractivity contribution in [1.29, 1.82) is 0 Å².